The molecule has 2 heterocycles. The normalized spacial score (nSPS) is 21.6. The second-order valence-corrected chi connectivity index (χ2v) is 8.96. The van der Waals surface area contributed by atoms with Gasteiger partial charge < -0.3 is 20.4 Å². The summed E-state index contributed by atoms with van der Waals surface area (Å²) in [6.45, 7) is 4.68. The van der Waals surface area contributed by atoms with E-state index in [0.717, 1.165) is 56.2 Å². The molecule has 1 aromatic carbocycles. The minimum absolute atomic E-state index is 0.0123. The first-order valence-electron chi connectivity index (χ1n) is 11.3. The molecule has 0 aromatic heterocycles. The van der Waals surface area contributed by atoms with Crippen LogP contribution in [-0.4, -0.2) is 55.0 Å². The molecule has 6 heteroatoms. The lowest BCUT2D eigenvalue weighted by molar-refractivity contribution is 0.203. The molecule has 4 rings (SSSR count). The van der Waals surface area contributed by atoms with Gasteiger partial charge in [0, 0.05) is 45.5 Å². The van der Waals surface area contributed by atoms with Gasteiger partial charge >= 0.3 is 6.03 Å². The zero-order chi connectivity index (χ0) is 20.1. The number of carbonyl (C=O) groups is 1. The summed E-state index contributed by atoms with van der Waals surface area (Å²) in [5.74, 6) is 0.999. The van der Waals surface area contributed by atoms with E-state index in [2.05, 4.69) is 32.7 Å². The van der Waals surface area contributed by atoms with E-state index in [1.54, 1.807) is 0 Å². The van der Waals surface area contributed by atoms with Crippen LogP contribution in [0, 0.1) is 5.41 Å². The fourth-order valence-electron chi connectivity index (χ4n) is 5.22. The number of carbonyl (C=O) groups excluding carboxylic acids is 1. The number of rotatable bonds is 3. The number of anilines is 1. The maximum atomic E-state index is 12.3. The van der Waals surface area contributed by atoms with E-state index in [-0.39, 0.29) is 6.03 Å². The fraction of sp³-hybridized carbons (Fsp3) is 0.652. The number of benzene rings is 1. The summed E-state index contributed by atoms with van der Waals surface area (Å²) in [5, 5.41) is 6.58. The molecular formula is C23H35N5O. The van der Waals surface area contributed by atoms with Crippen LogP contribution < -0.4 is 10.6 Å². The minimum atomic E-state index is 0.0123. The third-order valence-electron chi connectivity index (χ3n) is 6.89. The van der Waals surface area contributed by atoms with Crippen LogP contribution in [0.4, 0.5) is 10.5 Å². The summed E-state index contributed by atoms with van der Waals surface area (Å²) in [5.41, 5.74) is 2.53. The lowest BCUT2D eigenvalue weighted by Gasteiger charge is -2.33. The van der Waals surface area contributed by atoms with Gasteiger partial charge in [-0.15, -0.1) is 0 Å². The quantitative estimate of drug-likeness (QED) is 0.598. The Morgan fingerprint density at radius 3 is 2.59 bits per heavy atom. The van der Waals surface area contributed by atoms with Gasteiger partial charge in [-0.1, -0.05) is 31.4 Å². The minimum Gasteiger partial charge on any atom is -0.352 e. The monoisotopic (exact) mass is 397 g/mol. The number of hydrogen-bond donors (Lipinski definition) is 2. The molecule has 1 spiro atoms. The highest BCUT2D eigenvalue weighted by molar-refractivity contribution is 5.89. The van der Waals surface area contributed by atoms with E-state index < -0.39 is 0 Å². The molecule has 2 N–H and O–H groups in total. The van der Waals surface area contributed by atoms with Gasteiger partial charge in [-0.2, -0.15) is 0 Å². The van der Waals surface area contributed by atoms with Gasteiger partial charge in [0.1, 0.15) is 0 Å². The number of likely N-dealkylation sites (tertiary alicyclic amines) is 2. The van der Waals surface area contributed by atoms with Crippen LogP contribution in [0.5, 0.6) is 0 Å². The van der Waals surface area contributed by atoms with E-state index in [4.69, 9.17) is 0 Å². The van der Waals surface area contributed by atoms with Crippen molar-refractivity contribution in [3.05, 3.63) is 29.8 Å². The van der Waals surface area contributed by atoms with Gasteiger partial charge in [0.15, 0.2) is 5.96 Å². The number of urea groups is 1. The SMILES string of the molecule is CN=C(NCc1cccc(NC(=O)N2CCCC2)c1)N1CCC2(CCCCC2)C1. The highest BCUT2D eigenvalue weighted by Crippen LogP contribution is 2.43. The molecule has 2 aliphatic heterocycles. The second-order valence-electron chi connectivity index (χ2n) is 8.96. The summed E-state index contributed by atoms with van der Waals surface area (Å²) in [6.07, 6.45) is 10.4. The maximum Gasteiger partial charge on any atom is 0.321 e. The van der Waals surface area contributed by atoms with E-state index >= 15 is 0 Å². The van der Waals surface area contributed by atoms with E-state index in [1.807, 2.05) is 24.1 Å². The first-order chi connectivity index (χ1) is 14.2. The summed E-state index contributed by atoms with van der Waals surface area (Å²) in [4.78, 5) is 21.2. The lowest BCUT2D eigenvalue weighted by atomic mass is 9.73. The Hall–Kier alpha value is -2.24. The highest BCUT2D eigenvalue weighted by Gasteiger charge is 2.39. The smallest absolute Gasteiger partial charge is 0.321 e. The van der Waals surface area contributed by atoms with E-state index in [9.17, 15) is 4.79 Å². The Labute approximate surface area is 174 Å². The molecule has 0 radical (unpaired) electrons. The number of nitrogens with zero attached hydrogens (tertiary/aromatic N) is 3. The predicted octanol–water partition coefficient (Wildman–Crippen LogP) is 4.05. The zero-order valence-corrected chi connectivity index (χ0v) is 17.8. The molecule has 6 nitrogen and oxygen atoms in total. The summed E-state index contributed by atoms with van der Waals surface area (Å²) in [6, 6.07) is 8.13. The second kappa shape index (κ2) is 9.06. The maximum absolute atomic E-state index is 12.3. The Kier molecular flexibility index (Phi) is 6.26. The molecule has 1 aliphatic carbocycles. The van der Waals surface area contributed by atoms with Gasteiger partial charge in [0.25, 0.3) is 0 Å². The Morgan fingerprint density at radius 2 is 1.83 bits per heavy atom. The molecule has 29 heavy (non-hydrogen) atoms. The lowest BCUT2D eigenvalue weighted by Crippen LogP contribution is -2.41. The molecule has 0 atom stereocenters. The van der Waals surface area contributed by atoms with Crippen molar-refractivity contribution in [1.82, 2.24) is 15.1 Å². The van der Waals surface area contributed by atoms with Gasteiger partial charge in [0.05, 0.1) is 0 Å². The summed E-state index contributed by atoms with van der Waals surface area (Å²) in [7, 11) is 1.88. The Bertz CT molecular complexity index is 735. The molecule has 2 amide bonds. The molecular weight excluding hydrogens is 362 g/mol. The van der Waals surface area contributed by atoms with Crippen LogP contribution in [0.3, 0.4) is 0 Å². The highest BCUT2D eigenvalue weighted by atomic mass is 16.2. The van der Waals surface area contributed by atoms with Crippen molar-refractivity contribution in [3.8, 4) is 0 Å². The van der Waals surface area contributed by atoms with Crippen LogP contribution in [0.25, 0.3) is 0 Å². The van der Waals surface area contributed by atoms with Crippen LogP contribution >= 0.6 is 0 Å². The van der Waals surface area contributed by atoms with Gasteiger partial charge in [-0.05, 0) is 55.2 Å². The molecule has 1 saturated carbocycles. The molecule has 3 fully saturated rings. The molecule has 1 aromatic rings. The van der Waals surface area contributed by atoms with Crippen LogP contribution in [0.2, 0.25) is 0 Å². The number of amides is 2. The van der Waals surface area contributed by atoms with Crippen LogP contribution in [0.1, 0.15) is 56.9 Å². The van der Waals surface area contributed by atoms with Crippen molar-refractivity contribution < 1.29 is 4.79 Å². The number of aliphatic imine (C=N–C) groups is 1. The van der Waals surface area contributed by atoms with Crippen molar-refractivity contribution in [1.29, 1.82) is 0 Å². The molecule has 158 valence electrons. The zero-order valence-electron chi connectivity index (χ0n) is 17.8. The Balaban J connectivity index is 1.31. The number of hydrogen-bond acceptors (Lipinski definition) is 2. The average Bonchev–Trinajstić information content (AvgIpc) is 3.41. The van der Waals surface area contributed by atoms with Crippen LogP contribution in [0.15, 0.2) is 29.3 Å². The number of guanidine groups is 1. The summed E-state index contributed by atoms with van der Waals surface area (Å²) < 4.78 is 0. The predicted molar refractivity (Wildman–Crippen MR) is 118 cm³/mol. The first kappa shape index (κ1) is 20.0. The van der Waals surface area contributed by atoms with Crippen LogP contribution in [-0.2, 0) is 6.54 Å². The Morgan fingerprint density at radius 1 is 1.03 bits per heavy atom. The standard InChI is InChI=1S/C23H35N5O/c1-24-21(28-15-12-23(18-28)10-3-2-4-11-23)25-17-19-8-7-9-20(16-19)26-22(29)27-13-5-6-14-27/h7-9,16H,2-6,10-15,17-18H2,1H3,(H,24,25)(H,26,29). The first-order valence-corrected chi connectivity index (χ1v) is 11.3. The van der Waals surface area contributed by atoms with Gasteiger partial charge in [0.2, 0.25) is 0 Å². The van der Waals surface area contributed by atoms with Gasteiger partial charge in [-0.25, -0.2) is 4.79 Å². The van der Waals surface area contributed by atoms with E-state index in [1.165, 1.54) is 38.5 Å². The van der Waals surface area contributed by atoms with Crippen molar-refractivity contribution >= 4 is 17.7 Å². The van der Waals surface area contributed by atoms with E-state index in [0.29, 0.717) is 12.0 Å². The fourth-order valence-corrected chi connectivity index (χ4v) is 5.22. The van der Waals surface area contributed by atoms with Gasteiger partial charge in [-0.3, -0.25) is 4.99 Å². The van der Waals surface area contributed by atoms with Crippen molar-refractivity contribution in [2.75, 3.05) is 38.5 Å². The third-order valence-corrected chi connectivity index (χ3v) is 6.89. The molecule has 2 saturated heterocycles. The molecule has 0 bridgehead atoms. The van der Waals surface area contributed by atoms with Crippen molar-refractivity contribution in [3.63, 3.8) is 0 Å². The van der Waals surface area contributed by atoms with Crippen molar-refractivity contribution in [2.45, 2.75) is 57.9 Å². The third kappa shape index (κ3) is 4.85. The summed E-state index contributed by atoms with van der Waals surface area (Å²) >= 11 is 0. The average molecular weight is 398 g/mol. The van der Waals surface area contributed by atoms with Crippen molar-refractivity contribution in [2.24, 2.45) is 10.4 Å². The molecule has 3 aliphatic rings. The topological polar surface area (TPSA) is 60.0 Å². The molecule has 0 unspecified atom stereocenters. The number of nitrogens with one attached hydrogen (secondary N) is 2. The largest absolute Gasteiger partial charge is 0.352 e.